The Morgan fingerprint density at radius 2 is 1.96 bits per heavy atom. The molecule has 0 amide bonds. The lowest BCUT2D eigenvalue weighted by Crippen LogP contribution is -2.19. The zero-order valence-corrected chi connectivity index (χ0v) is 15.5. The second-order valence-corrected chi connectivity index (χ2v) is 6.81. The topological polar surface area (TPSA) is 56.1 Å². The zero-order valence-electron chi connectivity index (χ0n) is 15.5. The molecule has 1 N–H and O–H groups in total. The van der Waals surface area contributed by atoms with Gasteiger partial charge in [-0.3, -0.25) is 4.79 Å². The zero-order chi connectivity index (χ0) is 19.8. The molecule has 1 aliphatic rings. The Labute approximate surface area is 160 Å². The number of anilines is 2. The summed E-state index contributed by atoms with van der Waals surface area (Å²) in [5.41, 5.74) is 2.81. The van der Waals surface area contributed by atoms with Crippen molar-refractivity contribution in [1.29, 1.82) is 0 Å². The fourth-order valence-electron chi connectivity index (χ4n) is 3.64. The molecule has 0 saturated heterocycles. The van der Waals surface area contributed by atoms with Gasteiger partial charge in [-0.15, -0.1) is 0 Å². The first kappa shape index (κ1) is 18.2. The van der Waals surface area contributed by atoms with Crippen LogP contribution in [0.25, 0.3) is 0 Å². The van der Waals surface area contributed by atoms with Crippen molar-refractivity contribution >= 4 is 11.6 Å². The Morgan fingerprint density at radius 3 is 2.68 bits per heavy atom. The summed E-state index contributed by atoms with van der Waals surface area (Å²) in [6.45, 7) is 1.92. The molecule has 1 atom stereocenters. The summed E-state index contributed by atoms with van der Waals surface area (Å²) in [4.78, 5) is 16.2. The summed E-state index contributed by atoms with van der Waals surface area (Å²) in [5, 5.41) is 3.22. The third kappa shape index (κ3) is 3.24. The van der Waals surface area contributed by atoms with Crippen LogP contribution in [0.5, 0.6) is 5.75 Å². The minimum Gasteiger partial charge on any atom is -0.497 e. The normalized spacial score (nSPS) is 15.4. The van der Waals surface area contributed by atoms with Gasteiger partial charge in [0.1, 0.15) is 5.75 Å². The summed E-state index contributed by atoms with van der Waals surface area (Å²) in [6, 6.07) is 10.7. The second kappa shape index (κ2) is 7.07. The Balaban J connectivity index is 1.77. The molecular weight excluding hydrogens is 364 g/mol. The molecule has 5 nitrogen and oxygen atoms in total. The van der Waals surface area contributed by atoms with Crippen LogP contribution in [-0.4, -0.2) is 16.7 Å². The number of methoxy groups -OCH3 is 1. The molecule has 0 radical (unpaired) electrons. The molecular formula is C21H19F2N3O2. The predicted molar refractivity (Wildman–Crippen MR) is 102 cm³/mol. The number of rotatable bonds is 4. The van der Waals surface area contributed by atoms with E-state index < -0.39 is 11.6 Å². The van der Waals surface area contributed by atoms with Crippen LogP contribution >= 0.6 is 0 Å². The highest BCUT2D eigenvalue weighted by Gasteiger charge is 2.27. The van der Waals surface area contributed by atoms with E-state index in [1.165, 1.54) is 12.1 Å². The predicted octanol–water partition coefficient (Wildman–Crippen LogP) is 4.12. The van der Waals surface area contributed by atoms with E-state index in [2.05, 4.69) is 10.3 Å². The Hall–Kier alpha value is -3.22. The van der Waals surface area contributed by atoms with Crippen molar-refractivity contribution in [2.45, 2.75) is 25.8 Å². The molecule has 1 unspecified atom stereocenters. The number of aromatic nitrogens is 2. The van der Waals surface area contributed by atoms with Crippen LogP contribution in [0, 0.1) is 18.6 Å². The molecule has 4 rings (SSSR count). The highest BCUT2D eigenvalue weighted by molar-refractivity contribution is 5.60. The van der Waals surface area contributed by atoms with Crippen molar-refractivity contribution in [3.63, 3.8) is 0 Å². The molecule has 28 heavy (non-hydrogen) atoms. The molecule has 0 spiro atoms. The van der Waals surface area contributed by atoms with E-state index in [0.717, 1.165) is 28.8 Å². The van der Waals surface area contributed by atoms with Crippen molar-refractivity contribution in [3.05, 3.63) is 81.3 Å². The van der Waals surface area contributed by atoms with Gasteiger partial charge in [0.2, 0.25) is 5.95 Å². The number of nitrogens with zero attached hydrogens (tertiary/aromatic N) is 2. The maximum atomic E-state index is 13.8. The molecule has 0 bridgehead atoms. The maximum Gasteiger partial charge on any atom is 0.274 e. The average Bonchev–Trinajstić information content (AvgIpc) is 3.09. The Kier molecular flexibility index (Phi) is 4.58. The monoisotopic (exact) mass is 383 g/mol. The van der Waals surface area contributed by atoms with E-state index >= 15 is 0 Å². The van der Waals surface area contributed by atoms with Crippen LogP contribution in [0.4, 0.5) is 20.4 Å². The lowest BCUT2D eigenvalue weighted by molar-refractivity contribution is 0.414. The van der Waals surface area contributed by atoms with Crippen LogP contribution in [-0.2, 0) is 6.42 Å². The van der Waals surface area contributed by atoms with E-state index in [4.69, 9.17) is 4.74 Å². The average molecular weight is 383 g/mol. The van der Waals surface area contributed by atoms with Crippen LogP contribution in [0.15, 0.2) is 47.3 Å². The lowest BCUT2D eigenvalue weighted by atomic mass is 10.0. The first-order chi connectivity index (χ1) is 13.5. The third-order valence-electron chi connectivity index (χ3n) is 5.04. The number of benzene rings is 2. The second-order valence-electron chi connectivity index (χ2n) is 6.81. The Morgan fingerprint density at radius 1 is 1.14 bits per heavy atom. The van der Waals surface area contributed by atoms with Crippen molar-refractivity contribution in [2.24, 2.45) is 0 Å². The van der Waals surface area contributed by atoms with Crippen LogP contribution in [0.1, 0.15) is 29.3 Å². The summed E-state index contributed by atoms with van der Waals surface area (Å²) in [5.74, 6) is -0.665. The molecule has 0 fully saturated rings. The van der Waals surface area contributed by atoms with E-state index in [1.807, 2.05) is 29.7 Å². The molecule has 144 valence electrons. The van der Waals surface area contributed by atoms with Crippen LogP contribution in [0.2, 0.25) is 0 Å². The molecule has 1 aliphatic heterocycles. The van der Waals surface area contributed by atoms with Crippen LogP contribution in [0.3, 0.4) is 0 Å². The number of fused-ring (bicyclic) bond motifs is 1. The number of halogens is 2. The van der Waals surface area contributed by atoms with E-state index in [1.54, 1.807) is 13.2 Å². The summed E-state index contributed by atoms with van der Waals surface area (Å²) < 4.78 is 34.2. The van der Waals surface area contributed by atoms with Gasteiger partial charge in [-0.1, -0.05) is 6.07 Å². The standard InChI is InChI=1S/C21H19F2N3O2/c1-12-9-15(28-2)5-7-18(12)24-21-25-20(27)11-14-4-8-19(26(14)21)13-3-6-16(22)17(23)10-13/h3,5-7,9-11,19H,4,8H2,1-2H3,(H,24,25,27). The first-order valence-electron chi connectivity index (χ1n) is 8.95. The van der Waals surface area contributed by atoms with Gasteiger partial charge in [0.15, 0.2) is 11.6 Å². The quantitative estimate of drug-likeness (QED) is 0.736. The van der Waals surface area contributed by atoms with E-state index in [-0.39, 0.29) is 11.6 Å². The largest absolute Gasteiger partial charge is 0.497 e. The number of hydrogen-bond donors (Lipinski definition) is 1. The highest BCUT2D eigenvalue weighted by atomic mass is 19.2. The fourth-order valence-corrected chi connectivity index (χ4v) is 3.64. The molecule has 7 heteroatoms. The van der Waals surface area contributed by atoms with Gasteiger partial charge in [-0.25, -0.2) is 8.78 Å². The Bertz CT molecular complexity index is 1110. The molecule has 3 aromatic rings. The SMILES string of the molecule is COc1ccc(Nc2nc(=O)cc3n2C(c2ccc(F)c(F)c2)CC3)c(C)c1. The van der Waals surface area contributed by atoms with Crippen LogP contribution < -0.4 is 15.6 Å². The lowest BCUT2D eigenvalue weighted by Gasteiger charge is -2.21. The fraction of sp³-hybridized carbons (Fsp3) is 0.238. The van der Waals surface area contributed by atoms with Crippen molar-refractivity contribution in [2.75, 3.05) is 12.4 Å². The van der Waals surface area contributed by atoms with Gasteiger partial charge >= 0.3 is 0 Å². The maximum absolute atomic E-state index is 13.8. The number of nitrogens with one attached hydrogen (secondary N) is 1. The first-order valence-corrected chi connectivity index (χ1v) is 8.95. The van der Waals surface area contributed by atoms with Crippen molar-refractivity contribution in [1.82, 2.24) is 9.55 Å². The van der Waals surface area contributed by atoms with Gasteiger partial charge < -0.3 is 14.6 Å². The molecule has 0 saturated carbocycles. The summed E-state index contributed by atoms with van der Waals surface area (Å²) in [7, 11) is 1.60. The smallest absolute Gasteiger partial charge is 0.274 e. The third-order valence-corrected chi connectivity index (χ3v) is 5.04. The van der Waals surface area contributed by atoms with E-state index in [0.29, 0.717) is 24.4 Å². The van der Waals surface area contributed by atoms with Gasteiger partial charge in [-0.2, -0.15) is 4.98 Å². The highest BCUT2D eigenvalue weighted by Crippen LogP contribution is 2.35. The van der Waals surface area contributed by atoms with E-state index in [9.17, 15) is 13.6 Å². The van der Waals surface area contributed by atoms with Gasteiger partial charge in [-0.05, 0) is 61.2 Å². The summed E-state index contributed by atoms with van der Waals surface area (Å²) in [6.07, 6.45) is 1.32. The van der Waals surface area contributed by atoms with Gasteiger partial charge in [0.25, 0.3) is 5.56 Å². The minimum atomic E-state index is -0.888. The molecule has 0 aliphatic carbocycles. The van der Waals surface area contributed by atoms with Crippen molar-refractivity contribution in [3.8, 4) is 5.75 Å². The molecule has 2 aromatic carbocycles. The van der Waals surface area contributed by atoms with Crippen molar-refractivity contribution < 1.29 is 13.5 Å². The number of hydrogen-bond acceptors (Lipinski definition) is 4. The number of ether oxygens (including phenoxy) is 1. The van der Waals surface area contributed by atoms with Gasteiger partial charge in [0, 0.05) is 17.4 Å². The molecule has 1 aromatic heterocycles. The minimum absolute atomic E-state index is 0.237. The number of aryl methyl sites for hydroxylation is 2. The van der Waals surface area contributed by atoms with Gasteiger partial charge in [0.05, 0.1) is 13.2 Å². The summed E-state index contributed by atoms with van der Waals surface area (Å²) >= 11 is 0. The molecule has 2 heterocycles.